The lowest BCUT2D eigenvalue weighted by Gasteiger charge is -2.38. The number of aliphatic hydroxyl groups is 1. The predicted molar refractivity (Wildman–Crippen MR) is 145 cm³/mol. The molecule has 2 aromatic rings. The van der Waals surface area contributed by atoms with Gasteiger partial charge in [0.1, 0.15) is 18.5 Å². The Balaban J connectivity index is 1.36. The number of likely N-dealkylation sites (tertiary alicyclic amines) is 1. The SMILES string of the molecule is CCc1sc(C(=O)CCc2cc(C)c(OCC(O)CN3CC(C)C3)c(C)c2)c2c1CC(C)(C)CC2. The van der Waals surface area contributed by atoms with E-state index in [4.69, 9.17) is 4.74 Å². The molecule has 2 aliphatic rings. The molecule has 2 heterocycles. The van der Waals surface area contributed by atoms with Gasteiger partial charge in [-0.15, -0.1) is 11.3 Å². The van der Waals surface area contributed by atoms with Crippen molar-refractivity contribution < 1.29 is 14.6 Å². The number of carbonyl (C=O) groups excluding carboxylic acids is 1. The van der Waals surface area contributed by atoms with E-state index in [1.54, 1.807) is 11.3 Å². The van der Waals surface area contributed by atoms with Gasteiger partial charge in [0.2, 0.25) is 0 Å². The monoisotopic (exact) mass is 497 g/mol. The lowest BCUT2D eigenvalue weighted by atomic mass is 9.74. The van der Waals surface area contributed by atoms with Gasteiger partial charge in [0.15, 0.2) is 5.78 Å². The predicted octanol–water partition coefficient (Wildman–Crippen LogP) is 5.95. The highest BCUT2D eigenvalue weighted by molar-refractivity contribution is 7.14. The van der Waals surface area contributed by atoms with Crippen LogP contribution in [0.5, 0.6) is 5.75 Å². The summed E-state index contributed by atoms with van der Waals surface area (Å²) in [6.07, 6.45) is 5.12. The summed E-state index contributed by atoms with van der Waals surface area (Å²) in [5.41, 5.74) is 6.47. The molecule has 0 bridgehead atoms. The van der Waals surface area contributed by atoms with Crippen molar-refractivity contribution in [1.29, 1.82) is 0 Å². The molecule has 4 nitrogen and oxygen atoms in total. The third-order valence-electron chi connectivity index (χ3n) is 7.67. The highest BCUT2D eigenvalue weighted by Gasteiger charge is 2.31. The van der Waals surface area contributed by atoms with Crippen molar-refractivity contribution in [3.8, 4) is 5.75 Å². The van der Waals surface area contributed by atoms with Gasteiger partial charge in [-0.1, -0.05) is 39.8 Å². The van der Waals surface area contributed by atoms with Crippen LogP contribution in [0.3, 0.4) is 0 Å². The number of β-amino-alcohol motifs (C(OH)–C–C–N with tert-alkyl or cyclic N) is 1. The van der Waals surface area contributed by atoms with Crippen LogP contribution < -0.4 is 4.74 Å². The van der Waals surface area contributed by atoms with Crippen molar-refractivity contribution in [2.75, 3.05) is 26.2 Å². The summed E-state index contributed by atoms with van der Waals surface area (Å²) in [6.45, 7) is 16.4. The fourth-order valence-corrected chi connectivity index (χ4v) is 7.13. The number of aliphatic hydroxyl groups excluding tert-OH is 1. The normalized spacial score (nSPS) is 18.7. The number of hydrogen-bond acceptors (Lipinski definition) is 5. The van der Waals surface area contributed by atoms with Crippen molar-refractivity contribution in [3.05, 3.63) is 49.7 Å². The largest absolute Gasteiger partial charge is 0.490 e. The molecule has 1 saturated heterocycles. The van der Waals surface area contributed by atoms with E-state index < -0.39 is 6.10 Å². The topological polar surface area (TPSA) is 49.8 Å². The van der Waals surface area contributed by atoms with Gasteiger partial charge in [0.25, 0.3) is 0 Å². The summed E-state index contributed by atoms with van der Waals surface area (Å²) in [5.74, 6) is 1.89. The molecular formula is C30H43NO3S. The number of Topliss-reactive ketones (excluding diaryl/α,β-unsaturated/α-hetero) is 1. The molecule has 0 saturated carbocycles. The minimum absolute atomic E-state index is 0.296. The molecule has 1 aromatic carbocycles. The van der Waals surface area contributed by atoms with Gasteiger partial charge in [-0.2, -0.15) is 0 Å². The van der Waals surface area contributed by atoms with E-state index in [1.165, 1.54) is 21.6 Å². The van der Waals surface area contributed by atoms with Gasteiger partial charge in [0, 0.05) is 30.9 Å². The van der Waals surface area contributed by atoms with Crippen molar-refractivity contribution in [2.45, 2.75) is 86.2 Å². The van der Waals surface area contributed by atoms with Crippen molar-refractivity contribution in [2.24, 2.45) is 11.3 Å². The van der Waals surface area contributed by atoms with E-state index in [1.807, 2.05) is 0 Å². The van der Waals surface area contributed by atoms with E-state index in [0.29, 0.717) is 30.8 Å². The minimum Gasteiger partial charge on any atom is -0.490 e. The average Bonchev–Trinajstić information content (AvgIpc) is 3.12. The van der Waals surface area contributed by atoms with E-state index >= 15 is 0 Å². The Labute approximate surface area is 215 Å². The van der Waals surface area contributed by atoms with Crippen molar-refractivity contribution in [3.63, 3.8) is 0 Å². The molecule has 1 fully saturated rings. The highest BCUT2D eigenvalue weighted by atomic mass is 32.1. The summed E-state index contributed by atoms with van der Waals surface area (Å²) in [6, 6.07) is 4.28. The molecule has 1 unspecified atom stereocenters. The molecule has 35 heavy (non-hydrogen) atoms. The maximum atomic E-state index is 13.3. The van der Waals surface area contributed by atoms with Gasteiger partial charge < -0.3 is 14.7 Å². The molecule has 5 heteroatoms. The Morgan fingerprint density at radius 1 is 1.23 bits per heavy atom. The number of carbonyl (C=O) groups is 1. The summed E-state index contributed by atoms with van der Waals surface area (Å²) < 4.78 is 6.03. The maximum Gasteiger partial charge on any atom is 0.173 e. The number of thiophene rings is 1. The quantitative estimate of drug-likeness (QED) is 0.412. The zero-order valence-electron chi connectivity index (χ0n) is 22.5. The Morgan fingerprint density at radius 3 is 2.54 bits per heavy atom. The molecule has 0 radical (unpaired) electrons. The van der Waals surface area contributed by atoms with E-state index in [9.17, 15) is 9.90 Å². The molecule has 1 aromatic heterocycles. The standard InChI is InChI=1S/C30H43NO3S/c1-7-27-25-14-30(5,6)11-10-24(25)29(35-27)26(33)9-8-22-12-20(3)28(21(4)13-22)34-18-23(32)17-31-15-19(2)16-31/h12-13,19,23,32H,7-11,14-18H2,1-6H3. The molecule has 192 valence electrons. The Kier molecular flexibility index (Phi) is 8.09. The summed E-state index contributed by atoms with van der Waals surface area (Å²) in [5, 5.41) is 10.4. The van der Waals surface area contributed by atoms with Crippen LogP contribution in [-0.2, 0) is 25.7 Å². The second-order valence-corrected chi connectivity index (χ2v) is 12.9. The second kappa shape index (κ2) is 10.7. The van der Waals surface area contributed by atoms with Crippen LogP contribution in [0.15, 0.2) is 12.1 Å². The van der Waals surface area contributed by atoms with Gasteiger partial charge in [0.05, 0.1) is 4.88 Å². The lowest BCUT2D eigenvalue weighted by Crippen LogP contribution is -2.49. The van der Waals surface area contributed by atoms with E-state index in [0.717, 1.165) is 72.9 Å². The van der Waals surface area contributed by atoms with Gasteiger partial charge in [-0.05, 0) is 85.1 Å². The molecule has 0 amide bonds. The van der Waals surface area contributed by atoms with Crippen LogP contribution in [-0.4, -0.2) is 48.1 Å². The van der Waals surface area contributed by atoms with Gasteiger partial charge in [-0.25, -0.2) is 0 Å². The first-order valence-corrected chi connectivity index (χ1v) is 14.2. The number of ketones is 1. The van der Waals surface area contributed by atoms with Crippen LogP contribution in [0.1, 0.15) is 82.9 Å². The number of fused-ring (bicyclic) bond motifs is 1. The highest BCUT2D eigenvalue weighted by Crippen LogP contribution is 2.42. The number of rotatable bonds is 10. The van der Waals surface area contributed by atoms with Crippen LogP contribution in [0.2, 0.25) is 0 Å². The first-order chi connectivity index (χ1) is 16.6. The molecular weight excluding hydrogens is 454 g/mol. The number of aryl methyl sites for hydroxylation is 4. The molecule has 1 atom stereocenters. The zero-order chi connectivity index (χ0) is 25.3. The Bertz CT molecular complexity index is 1040. The fourth-order valence-electron chi connectivity index (χ4n) is 5.85. The van der Waals surface area contributed by atoms with Crippen LogP contribution >= 0.6 is 11.3 Å². The number of benzene rings is 1. The molecule has 4 rings (SSSR count). The van der Waals surface area contributed by atoms with E-state index in [-0.39, 0.29) is 0 Å². The van der Waals surface area contributed by atoms with Crippen LogP contribution in [0.25, 0.3) is 0 Å². The lowest BCUT2D eigenvalue weighted by molar-refractivity contribution is 0.0244. The summed E-state index contributed by atoms with van der Waals surface area (Å²) in [7, 11) is 0. The maximum absolute atomic E-state index is 13.3. The molecule has 1 N–H and O–H groups in total. The number of ether oxygens (including phenoxy) is 1. The smallest absolute Gasteiger partial charge is 0.173 e. The van der Waals surface area contributed by atoms with Crippen LogP contribution in [0, 0.1) is 25.2 Å². The average molecular weight is 498 g/mol. The third-order valence-corrected chi connectivity index (χ3v) is 9.13. The van der Waals surface area contributed by atoms with Gasteiger partial charge >= 0.3 is 0 Å². The van der Waals surface area contributed by atoms with Crippen molar-refractivity contribution in [1.82, 2.24) is 4.90 Å². The first kappa shape index (κ1) is 26.4. The molecule has 1 aliphatic carbocycles. The van der Waals surface area contributed by atoms with E-state index in [2.05, 4.69) is 58.6 Å². The number of hydrogen-bond donors (Lipinski definition) is 1. The Morgan fingerprint density at radius 2 is 1.91 bits per heavy atom. The van der Waals surface area contributed by atoms with Crippen LogP contribution in [0.4, 0.5) is 0 Å². The third kappa shape index (κ3) is 6.18. The number of nitrogens with zero attached hydrogens (tertiary/aromatic N) is 1. The summed E-state index contributed by atoms with van der Waals surface area (Å²) in [4.78, 5) is 18.0. The molecule has 1 aliphatic heterocycles. The van der Waals surface area contributed by atoms with Crippen molar-refractivity contribution >= 4 is 17.1 Å². The fraction of sp³-hybridized carbons (Fsp3) is 0.633. The first-order valence-electron chi connectivity index (χ1n) is 13.4. The summed E-state index contributed by atoms with van der Waals surface area (Å²) >= 11 is 1.75. The minimum atomic E-state index is -0.478. The Hall–Kier alpha value is -1.69. The second-order valence-electron chi connectivity index (χ2n) is 11.8. The van der Waals surface area contributed by atoms with Gasteiger partial charge in [-0.3, -0.25) is 4.79 Å². The molecule has 0 spiro atoms. The zero-order valence-corrected chi connectivity index (χ0v) is 23.3.